The minimum absolute atomic E-state index is 0.0901. The van der Waals surface area contributed by atoms with Crippen LogP contribution >= 0.6 is 0 Å². The molecule has 1 aliphatic rings. The van der Waals surface area contributed by atoms with E-state index in [1.54, 1.807) is 12.1 Å². The SMILES string of the molecule is CCc1ccc(-c2ccc(N3CCN(S(=O)(=O)c4ccc(C(C)=O)cc4)CC3)nn2)cc1. The zero-order chi connectivity index (χ0) is 22.7. The summed E-state index contributed by atoms with van der Waals surface area (Å²) in [5.41, 5.74) is 3.61. The molecule has 7 nitrogen and oxygen atoms in total. The molecule has 2 heterocycles. The topological polar surface area (TPSA) is 83.5 Å². The van der Waals surface area contributed by atoms with Crippen molar-refractivity contribution >= 4 is 21.6 Å². The van der Waals surface area contributed by atoms with Gasteiger partial charge in [-0.3, -0.25) is 4.79 Å². The summed E-state index contributed by atoms with van der Waals surface area (Å²) < 4.78 is 27.4. The van der Waals surface area contributed by atoms with Crippen molar-refractivity contribution in [2.75, 3.05) is 31.1 Å². The van der Waals surface area contributed by atoms with Gasteiger partial charge in [0.1, 0.15) is 0 Å². The molecular weight excluding hydrogens is 424 g/mol. The summed E-state index contributed by atoms with van der Waals surface area (Å²) in [6, 6.07) is 18.3. The molecule has 8 heteroatoms. The molecule has 1 aliphatic heterocycles. The molecule has 2 aromatic carbocycles. The normalized spacial score (nSPS) is 15.0. The lowest BCUT2D eigenvalue weighted by molar-refractivity contribution is 0.101. The van der Waals surface area contributed by atoms with Gasteiger partial charge in [0.05, 0.1) is 10.6 Å². The number of sulfonamides is 1. The van der Waals surface area contributed by atoms with E-state index in [0.717, 1.165) is 23.5 Å². The first-order chi connectivity index (χ1) is 15.4. The maximum Gasteiger partial charge on any atom is 0.243 e. The number of ketones is 1. The molecule has 0 spiro atoms. The molecule has 1 saturated heterocycles. The second-order valence-corrected chi connectivity index (χ2v) is 9.74. The van der Waals surface area contributed by atoms with E-state index in [1.807, 2.05) is 17.0 Å². The summed E-state index contributed by atoms with van der Waals surface area (Å²) in [5, 5.41) is 8.74. The van der Waals surface area contributed by atoms with Crippen molar-refractivity contribution in [3.63, 3.8) is 0 Å². The van der Waals surface area contributed by atoms with Gasteiger partial charge in [-0.15, -0.1) is 10.2 Å². The Kier molecular flexibility index (Phi) is 6.34. The van der Waals surface area contributed by atoms with Gasteiger partial charge >= 0.3 is 0 Å². The molecule has 1 aromatic heterocycles. The lowest BCUT2D eigenvalue weighted by atomic mass is 10.1. The van der Waals surface area contributed by atoms with Crippen molar-refractivity contribution in [1.82, 2.24) is 14.5 Å². The fourth-order valence-electron chi connectivity index (χ4n) is 3.73. The minimum atomic E-state index is -3.60. The van der Waals surface area contributed by atoms with E-state index < -0.39 is 10.0 Å². The number of hydrogen-bond donors (Lipinski definition) is 0. The first-order valence-electron chi connectivity index (χ1n) is 10.7. The second-order valence-electron chi connectivity index (χ2n) is 7.80. The predicted molar refractivity (Wildman–Crippen MR) is 124 cm³/mol. The number of anilines is 1. The molecule has 0 bridgehead atoms. The van der Waals surface area contributed by atoms with Crippen LogP contribution in [-0.4, -0.2) is 54.9 Å². The quantitative estimate of drug-likeness (QED) is 0.535. The first-order valence-corrected chi connectivity index (χ1v) is 12.1. The average molecular weight is 451 g/mol. The number of aromatic nitrogens is 2. The molecule has 0 atom stereocenters. The summed E-state index contributed by atoms with van der Waals surface area (Å²) in [4.78, 5) is 13.7. The Morgan fingerprint density at radius 3 is 2.06 bits per heavy atom. The maximum absolute atomic E-state index is 13.0. The Hall–Kier alpha value is -3.10. The number of nitrogens with zero attached hydrogens (tertiary/aromatic N) is 4. The molecule has 1 fully saturated rings. The highest BCUT2D eigenvalue weighted by atomic mass is 32.2. The Morgan fingerprint density at radius 1 is 0.875 bits per heavy atom. The molecule has 0 amide bonds. The Bertz CT molecular complexity index is 1180. The third-order valence-corrected chi connectivity index (χ3v) is 7.68. The number of Topliss-reactive ketones (excluding diaryl/α,β-unsaturated/α-hetero) is 1. The van der Waals surface area contributed by atoms with Crippen LogP contribution in [0.2, 0.25) is 0 Å². The van der Waals surface area contributed by atoms with Gasteiger partial charge in [0.15, 0.2) is 11.6 Å². The van der Waals surface area contributed by atoms with Crippen LogP contribution in [0.4, 0.5) is 5.82 Å². The number of aryl methyl sites for hydroxylation is 1. The molecule has 166 valence electrons. The Labute approximate surface area is 188 Å². The number of carbonyl (C=O) groups is 1. The largest absolute Gasteiger partial charge is 0.352 e. The van der Waals surface area contributed by atoms with Crippen LogP contribution in [0.25, 0.3) is 11.3 Å². The third-order valence-electron chi connectivity index (χ3n) is 5.77. The van der Waals surface area contributed by atoms with Crippen LogP contribution < -0.4 is 4.90 Å². The van der Waals surface area contributed by atoms with Gasteiger partial charge < -0.3 is 4.90 Å². The van der Waals surface area contributed by atoms with Gasteiger partial charge in [0.25, 0.3) is 0 Å². The number of benzene rings is 2. The molecular formula is C24H26N4O3S. The van der Waals surface area contributed by atoms with E-state index in [1.165, 1.54) is 28.9 Å². The van der Waals surface area contributed by atoms with Crippen molar-refractivity contribution in [2.45, 2.75) is 25.2 Å². The first kappa shape index (κ1) is 22.1. The fourth-order valence-corrected chi connectivity index (χ4v) is 5.15. The highest BCUT2D eigenvalue weighted by Gasteiger charge is 2.29. The molecule has 32 heavy (non-hydrogen) atoms. The van der Waals surface area contributed by atoms with Gasteiger partial charge in [-0.1, -0.05) is 43.3 Å². The van der Waals surface area contributed by atoms with E-state index in [2.05, 4.69) is 41.4 Å². The summed E-state index contributed by atoms with van der Waals surface area (Å²) in [6.07, 6.45) is 0.996. The van der Waals surface area contributed by atoms with E-state index >= 15 is 0 Å². The van der Waals surface area contributed by atoms with Crippen LogP contribution in [0.1, 0.15) is 29.8 Å². The third kappa shape index (κ3) is 4.56. The lowest BCUT2D eigenvalue weighted by Crippen LogP contribution is -2.49. The molecule has 3 aromatic rings. The zero-order valence-electron chi connectivity index (χ0n) is 18.2. The molecule has 4 rings (SSSR count). The van der Waals surface area contributed by atoms with Gasteiger partial charge in [-0.05, 0) is 43.2 Å². The van der Waals surface area contributed by atoms with E-state index in [4.69, 9.17) is 0 Å². The van der Waals surface area contributed by atoms with Crippen LogP contribution in [0.15, 0.2) is 65.6 Å². The molecule has 0 saturated carbocycles. The number of carbonyl (C=O) groups excluding carboxylic acids is 1. The Morgan fingerprint density at radius 2 is 1.53 bits per heavy atom. The van der Waals surface area contributed by atoms with Crippen LogP contribution in [0, 0.1) is 0 Å². The molecule has 0 unspecified atom stereocenters. The Balaban J connectivity index is 1.41. The molecule has 0 N–H and O–H groups in total. The van der Waals surface area contributed by atoms with E-state index in [-0.39, 0.29) is 10.7 Å². The van der Waals surface area contributed by atoms with Crippen molar-refractivity contribution in [3.05, 3.63) is 71.8 Å². The van der Waals surface area contributed by atoms with Crippen molar-refractivity contribution in [3.8, 4) is 11.3 Å². The summed E-state index contributed by atoms with van der Waals surface area (Å²) >= 11 is 0. The van der Waals surface area contributed by atoms with Gasteiger partial charge in [0, 0.05) is 37.3 Å². The van der Waals surface area contributed by atoms with E-state index in [0.29, 0.717) is 31.7 Å². The zero-order valence-corrected chi connectivity index (χ0v) is 19.0. The van der Waals surface area contributed by atoms with Gasteiger partial charge in [0.2, 0.25) is 10.0 Å². The smallest absolute Gasteiger partial charge is 0.243 e. The van der Waals surface area contributed by atoms with Crippen LogP contribution in [0.3, 0.4) is 0 Å². The highest BCUT2D eigenvalue weighted by molar-refractivity contribution is 7.89. The van der Waals surface area contributed by atoms with Crippen LogP contribution in [-0.2, 0) is 16.4 Å². The maximum atomic E-state index is 13.0. The van der Waals surface area contributed by atoms with Gasteiger partial charge in [-0.2, -0.15) is 4.31 Å². The molecule has 0 radical (unpaired) electrons. The summed E-state index contributed by atoms with van der Waals surface area (Å²) in [6.45, 7) is 5.37. The fraction of sp³-hybridized carbons (Fsp3) is 0.292. The number of piperazine rings is 1. The van der Waals surface area contributed by atoms with E-state index in [9.17, 15) is 13.2 Å². The number of rotatable bonds is 6. The highest BCUT2D eigenvalue weighted by Crippen LogP contribution is 2.22. The second kappa shape index (κ2) is 9.18. The lowest BCUT2D eigenvalue weighted by Gasteiger charge is -2.34. The van der Waals surface area contributed by atoms with Crippen molar-refractivity contribution < 1.29 is 13.2 Å². The van der Waals surface area contributed by atoms with Crippen molar-refractivity contribution in [2.24, 2.45) is 0 Å². The number of hydrogen-bond acceptors (Lipinski definition) is 6. The summed E-state index contributed by atoms with van der Waals surface area (Å²) in [5.74, 6) is 0.648. The molecule has 0 aliphatic carbocycles. The van der Waals surface area contributed by atoms with Gasteiger partial charge in [-0.25, -0.2) is 8.42 Å². The predicted octanol–water partition coefficient (Wildman–Crippen LogP) is 3.42. The van der Waals surface area contributed by atoms with Crippen molar-refractivity contribution in [1.29, 1.82) is 0 Å². The monoisotopic (exact) mass is 450 g/mol. The average Bonchev–Trinajstić information content (AvgIpc) is 2.84. The minimum Gasteiger partial charge on any atom is -0.352 e. The van der Waals surface area contributed by atoms with Crippen LogP contribution in [0.5, 0.6) is 0 Å². The standard InChI is InChI=1S/C24H26N4O3S/c1-3-19-4-6-21(7-5-19)23-12-13-24(26-25-23)27-14-16-28(17-15-27)32(30,31)22-10-8-20(9-11-22)18(2)29/h4-13H,3,14-17H2,1-2H3. The summed E-state index contributed by atoms with van der Waals surface area (Å²) in [7, 11) is -3.60.